The summed E-state index contributed by atoms with van der Waals surface area (Å²) in [4.78, 5) is 30.7. The molecule has 0 aromatic rings. The molecule has 5 nitrogen and oxygen atoms in total. The number of alkyl halides is 1. The Morgan fingerprint density at radius 1 is 1.16 bits per heavy atom. The molecule has 4 saturated carbocycles. The minimum absolute atomic E-state index is 0.0809. The highest BCUT2D eigenvalue weighted by atomic mass is 79.9. The fourth-order valence-corrected chi connectivity index (χ4v) is 8.68. The van der Waals surface area contributed by atoms with Crippen LogP contribution in [0.4, 0.5) is 4.79 Å². The Morgan fingerprint density at radius 3 is 2.35 bits per heavy atom. The van der Waals surface area contributed by atoms with Crippen molar-refractivity contribution in [3.63, 3.8) is 0 Å². The van der Waals surface area contributed by atoms with Crippen LogP contribution in [0.15, 0.2) is 0 Å². The van der Waals surface area contributed by atoms with E-state index in [1.54, 1.807) is 0 Å². The van der Waals surface area contributed by atoms with Gasteiger partial charge in [0, 0.05) is 30.0 Å². The van der Waals surface area contributed by atoms with Crippen molar-refractivity contribution in [1.82, 2.24) is 9.80 Å². The molecule has 1 heterocycles. The number of ether oxygens (including phenoxy) is 1. The summed E-state index contributed by atoms with van der Waals surface area (Å²) >= 11 is 4.06. The molecule has 5 aliphatic rings. The second kappa shape index (κ2) is 8.22. The van der Waals surface area contributed by atoms with Crippen LogP contribution in [0.1, 0.15) is 86.0 Å². The van der Waals surface area contributed by atoms with Crippen LogP contribution in [0.3, 0.4) is 0 Å². The van der Waals surface area contributed by atoms with E-state index in [2.05, 4.69) is 20.8 Å². The van der Waals surface area contributed by atoms with Gasteiger partial charge in [0.05, 0.1) is 5.41 Å². The molecular formula is C25H41BrN2O3. The fourth-order valence-electron chi connectivity index (χ4n) is 7.23. The molecule has 0 spiro atoms. The number of nitrogens with zero attached hydrogens (tertiary/aromatic N) is 2. The summed E-state index contributed by atoms with van der Waals surface area (Å²) in [6, 6.07) is 0.0809. The Balaban J connectivity index is 1.42. The molecule has 3 unspecified atom stereocenters. The topological polar surface area (TPSA) is 49.9 Å². The first-order valence-electron chi connectivity index (χ1n) is 12.4. The number of amides is 2. The zero-order valence-electron chi connectivity index (χ0n) is 20.1. The summed E-state index contributed by atoms with van der Waals surface area (Å²) in [6.07, 6.45) is 8.87. The summed E-state index contributed by atoms with van der Waals surface area (Å²) in [5.41, 5.74) is -0.638. The molecule has 5 fully saturated rings. The molecule has 0 radical (unpaired) electrons. The quantitative estimate of drug-likeness (QED) is 0.475. The van der Waals surface area contributed by atoms with E-state index in [9.17, 15) is 9.59 Å². The van der Waals surface area contributed by atoms with Crippen LogP contribution in [0.5, 0.6) is 0 Å². The number of hydrogen-bond donors (Lipinski definition) is 0. The zero-order valence-corrected chi connectivity index (χ0v) is 21.7. The van der Waals surface area contributed by atoms with Crippen molar-refractivity contribution >= 4 is 27.9 Å². The van der Waals surface area contributed by atoms with Gasteiger partial charge in [-0.15, -0.1) is 0 Å². The van der Waals surface area contributed by atoms with Gasteiger partial charge < -0.3 is 14.5 Å². The average molecular weight is 498 g/mol. The highest BCUT2D eigenvalue weighted by Crippen LogP contribution is 2.64. The number of carbonyl (C=O) groups is 2. The molecule has 2 amide bonds. The smallest absolute Gasteiger partial charge is 0.410 e. The first kappa shape index (κ1) is 23.4. The highest BCUT2D eigenvalue weighted by molar-refractivity contribution is 9.10. The van der Waals surface area contributed by atoms with Crippen LogP contribution in [0, 0.1) is 23.2 Å². The van der Waals surface area contributed by atoms with Gasteiger partial charge in [-0.1, -0.05) is 15.9 Å². The predicted molar refractivity (Wildman–Crippen MR) is 126 cm³/mol. The van der Waals surface area contributed by atoms with E-state index in [1.165, 1.54) is 19.3 Å². The molecule has 3 atom stereocenters. The van der Waals surface area contributed by atoms with E-state index < -0.39 is 5.60 Å². The van der Waals surface area contributed by atoms with Gasteiger partial charge in [-0.05, 0) is 104 Å². The van der Waals surface area contributed by atoms with Gasteiger partial charge in [0.15, 0.2) is 0 Å². The maximum atomic E-state index is 13.9. The van der Waals surface area contributed by atoms with Crippen LogP contribution in [0.25, 0.3) is 0 Å². The van der Waals surface area contributed by atoms with E-state index in [-0.39, 0.29) is 21.9 Å². The Labute approximate surface area is 196 Å². The molecule has 6 heteroatoms. The lowest BCUT2D eigenvalue weighted by molar-refractivity contribution is -0.157. The fraction of sp³-hybridized carbons (Fsp3) is 0.920. The normalized spacial score (nSPS) is 37.3. The second-order valence-corrected chi connectivity index (χ2v) is 14.1. The third-order valence-corrected chi connectivity index (χ3v) is 8.88. The summed E-state index contributed by atoms with van der Waals surface area (Å²) in [7, 11) is 0. The lowest BCUT2D eigenvalue weighted by Crippen LogP contribution is -2.60. The van der Waals surface area contributed by atoms with Crippen molar-refractivity contribution in [2.45, 2.75) is 102 Å². The van der Waals surface area contributed by atoms with Crippen molar-refractivity contribution in [2.75, 3.05) is 19.6 Å². The van der Waals surface area contributed by atoms with Gasteiger partial charge in [-0.25, -0.2) is 4.79 Å². The number of rotatable bonds is 4. The summed E-state index contributed by atoms with van der Waals surface area (Å²) in [5.74, 6) is 2.16. The van der Waals surface area contributed by atoms with E-state index >= 15 is 0 Å². The summed E-state index contributed by atoms with van der Waals surface area (Å²) in [5, 5.41) is 0. The Hall–Kier alpha value is -0.780. The lowest BCUT2D eigenvalue weighted by atomic mass is 9.49. The van der Waals surface area contributed by atoms with Crippen molar-refractivity contribution in [1.29, 1.82) is 0 Å². The van der Waals surface area contributed by atoms with Gasteiger partial charge in [-0.3, -0.25) is 4.79 Å². The molecule has 176 valence electrons. The summed E-state index contributed by atoms with van der Waals surface area (Å²) < 4.78 is 5.86. The van der Waals surface area contributed by atoms with Crippen molar-refractivity contribution < 1.29 is 14.3 Å². The molecule has 0 aromatic carbocycles. The number of halogens is 1. The van der Waals surface area contributed by atoms with E-state index in [0.717, 1.165) is 45.2 Å². The molecular weight excluding hydrogens is 456 g/mol. The van der Waals surface area contributed by atoms with Crippen LogP contribution in [0.2, 0.25) is 0 Å². The SMILES string of the molecule is CC(C)N(CC1CCCN(C(=O)C23CC4CC(CC(Br)(C4)C2)C3)C1)C(=O)OC(C)(C)C. The van der Waals surface area contributed by atoms with Crippen LogP contribution < -0.4 is 0 Å². The zero-order chi connectivity index (χ0) is 22.6. The molecule has 4 aliphatic carbocycles. The summed E-state index contributed by atoms with van der Waals surface area (Å²) in [6.45, 7) is 12.1. The minimum Gasteiger partial charge on any atom is -0.444 e. The first-order valence-corrected chi connectivity index (χ1v) is 13.2. The lowest BCUT2D eigenvalue weighted by Gasteiger charge is -2.60. The van der Waals surface area contributed by atoms with Gasteiger partial charge in [0.25, 0.3) is 0 Å². The number of likely N-dealkylation sites (tertiary alicyclic amines) is 1. The Kier molecular flexibility index (Phi) is 6.20. The van der Waals surface area contributed by atoms with Crippen molar-refractivity contribution in [2.24, 2.45) is 23.2 Å². The standard InChI is InChI=1S/C25H41BrN2O3/c1-17(2)28(22(30)31-23(3,4)5)15-18-7-6-8-27(14-18)21(29)24-10-19-9-20(11-24)13-25(26,12-19)16-24/h17-20H,6-16H2,1-5H3. The number of hydrogen-bond acceptors (Lipinski definition) is 3. The monoisotopic (exact) mass is 496 g/mol. The maximum Gasteiger partial charge on any atom is 0.410 e. The van der Waals surface area contributed by atoms with E-state index in [1.807, 2.05) is 39.5 Å². The maximum absolute atomic E-state index is 13.9. The molecule has 4 bridgehead atoms. The minimum atomic E-state index is -0.497. The molecule has 1 aliphatic heterocycles. The second-order valence-electron chi connectivity index (χ2n) is 12.4. The largest absolute Gasteiger partial charge is 0.444 e. The molecule has 0 N–H and O–H groups in total. The molecule has 1 saturated heterocycles. The van der Waals surface area contributed by atoms with Crippen LogP contribution >= 0.6 is 15.9 Å². The Bertz CT molecular complexity index is 702. The Morgan fingerprint density at radius 2 is 1.81 bits per heavy atom. The van der Waals surface area contributed by atoms with E-state index in [4.69, 9.17) is 4.74 Å². The van der Waals surface area contributed by atoms with Crippen LogP contribution in [-0.4, -0.2) is 57.4 Å². The van der Waals surface area contributed by atoms with E-state index in [0.29, 0.717) is 30.2 Å². The highest BCUT2D eigenvalue weighted by Gasteiger charge is 2.60. The predicted octanol–water partition coefficient (Wildman–Crippen LogP) is 5.60. The average Bonchev–Trinajstić information content (AvgIpc) is 2.62. The molecule has 0 aromatic heterocycles. The van der Waals surface area contributed by atoms with Crippen molar-refractivity contribution in [3.8, 4) is 0 Å². The molecule has 31 heavy (non-hydrogen) atoms. The third-order valence-electron chi connectivity index (χ3n) is 7.96. The van der Waals surface area contributed by atoms with Gasteiger partial charge in [-0.2, -0.15) is 0 Å². The van der Waals surface area contributed by atoms with Gasteiger partial charge in [0.2, 0.25) is 5.91 Å². The van der Waals surface area contributed by atoms with Gasteiger partial charge in [0.1, 0.15) is 5.60 Å². The van der Waals surface area contributed by atoms with Crippen LogP contribution in [-0.2, 0) is 9.53 Å². The first-order chi connectivity index (χ1) is 14.4. The number of piperidine rings is 1. The third kappa shape index (κ3) is 4.94. The van der Waals surface area contributed by atoms with Crippen molar-refractivity contribution in [3.05, 3.63) is 0 Å². The molecule has 5 rings (SSSR count). The van der Waals surface area contributed by atoms with Gasteiger partial charge >= 0.3 is 6.09 Å². The number of carbonyl (C=O) groups excluding carboxylic acids is 2.